The number of ether oxygens (including phenoxy) is 1. The van der Waals surface area contributed by atoms with E-state index in [4.69, 9.17) is 16.3 Å². The van der Waals surface area contributed by atoms with Gasteiger partial charge < -0.3 is 20.3 Å². The number of benzene rings is 2. The quantitative estimate of drug-likeness (QED) is 0.254. The molecule has 2 N–H and O–H groups in total. The second-order valence-electron chi connectivity index (χ2n) is 8.45. The van der Waals surface area contributed by atoms with Gasteiger partial charge in [0.25, 0.3) is 0 Å². The number of hydrogen-bond acceptors (Lipinski definition) is 7. The molecular weight excluding hydrogens is 494 g/mol. The number of nitrogens with zero attached hydrogens (tertiary/aromatic N) is 3. The standard InChI is InChI=1S/C27H28ClN5O2S/c1-33(2)14-8-13-22(34)31-20-12-7-11-19(15-20)23-24-26(29-17-30-27(24)36-25(23)28)32-21(16-35-3)18-9-5-4-6-10-18/h4-13,15,17,21H,14,16H2,1-3H3,(H,31,34)(H,29,30,32)/t21-/m1/s1. The van der Waals surface area contributed by atoms with Crippen molar-refractivity contribution >= 4 is 50.6 Å². The highest BCUT2D eigenvalue weighted by molar-refractivity contribution is 7.23. The van der Waals surface area contributed by atoms with Gasteiger partial charge in [-0.15, -0.1) is 11.3 Å². The van der Waals surface area contributed by atoms with Crippen LogP contribution in [-0.2, 0) is 9.53 Å². The number of aromatic nitrogens is 2. The number of nitrogens with one attached hydrogen (secondary N) is 2. The molecule has 36 heavy (non-hydrogen) atoms. The maximum atomic E-state index is 12.4. The van der Waals surface area contributed by atoms with E-state index >= 15 is 0 Å². The molecule has 0 spiro atoms. The number of hydrogen-bond donors (Lipinski definition) is 2. The van der Waals surface area contributed by atoms with Gasteiger partial charge in [0.2, 0.25) is 5.91 Å². The monoisotopic (exact) mass is 521 g/mol. The number of halogens is 1. The molecule has 4 rings (SSSR count). The number of thiophene rings is 1. The van der Waals surface area contributed by atoms with E-state index < -0.39 is 0 Å². The van der Waals surface area contributed by atoms with Crippen LogP contribution >= 0.6 is 22.9 Å². The summed E-state index contributed by atoms with van der Waals surface area (Å²) < 4.78 is 6.08. The Balaban J connectivity index is 1.68. The van der Waals surface area contributed by atoms with Crippen LogP contribution in [0.5, 0.6) is 0 Å². The minimum atomic E-state index is -0.189. The van der Waals surface area contributed by atoms with E-state index in [0.29, 0.717) is 29.0 Å². The summed E-state index contributed by atoms with van der Waals surface area (Å²) in [6, 6.07) is 17.6. The zero-order valence-electron chi connectivity index (χ0n) is 20.4. The van der Waals surface area contributed by atoms with Gasteiger partial charge in [0.15, 0.2) is 0 Å². The van der Waals surface area contributed by atoms with Crippen LogP contribution in [0.25, 0.3) is 21.3 Å². The molecule has 0 unspecified atom stereocenters. The molecule has 2 aromatic carbocycles. The molecule has 0 aliphatic rings. The van der Waals surface area contributed by atoms with Gasteiger partial charge in [0.05, 0.1) is 18.0 Å². The Kier molecular flexibility index (Phi) is 8.66. The highest BCUT2D eigenvalue weighted by Gasteiger charge is 2.21. The molecule has 186 valence electrons. The first-order chi connectivity index (χ1) is 17.5. The van der Waals surface area contributed by atoms with Crippen molar-refractivity contribution in [2.24, 2.45) is 0 Å². The number of fused-ring (bicyclic) bond motifs is 1. The molecule has 0 fully saturated rings. The summed E-state index contributed by atoms with van der Waals surface area (Å²) in [5.41, 5.74) is 3.45. The topological polar surface area (TPSA) is 79.4 Å². The lowest BCUT2D eigenvalue weighted by atomic mass is 10.0. The fourth-order valence-electron chi connectivity index (χ4n) is 3.82. The zero-order chi connectivity index (χ0) is 25.5. The molecule has 0 saturated heterocycles. The van der Waals surface area contributed by atoms with Crippen molar-refractivity contribution in [2.75, 3.05) is 45.0 Å². The van der Waals surface area contributed by atoms with Gasteiger partial charge in [0, 0.05) is 31.0 Å². The molecule has 0 aliphatic heterocycles. The molecule has 1 amide bonds. The number of methoxy groups -OCH3 is 1. The number of likely N-dealkylation sites (N-methyl/N-ethyl adjacent to an activating group) is 1. The Bertz CT molecular complexity index is 1360. The molecule has 2 aromatic heterocycles. The molecule has 9 heteroatoms. The van der Waals surface area contributed by atoms with Crippen LogP contribution in [0, 0.1) is 0 Å². The number of anilines is 2. The van der Waals surface area contributed by atoms with Crippen molar-refractivity contribution in [1.82, 2.24) is 14.9 Å². The number of amides is 1. The van der Waals surface area contributed by atoms with E-state index in [1.54, 1.807) is 7.11 Å². The summed E-state index contributed by atoms with van der Waals surface area (Å²) in [5, 5.41) is 7.29. The average Bonchev–Trinajstić information content (AvgIpc) is 3.21. The Labute approximate surface area is 219 Å². The molecule has 4 aromatic rings. The van der Waals surface area contributed by atoms with Gasteiger partial charge in [-0.2, -0.15) is 0 Å². The number of carbonyl (C=O) groups excluding carboxylic acids is 1. The summed E-state index contributed by atoms with van der Waals surface area (Å²) in [5.74, 6) is 0.483. The molecule has 7 nitrogen and oxygen atoms in total. The summed E-state index contributed by atoms with van der Waals surface area (Å²) in [7, 11) is 5.57. The maximum absolute atomic E-state index is 12.4. The van der Waals surface area contributed by atoms with E-state index in [0.717, 1.165) is 26.9 Å². The minimum Gasteiger partial charge on any atom is -0.382 e. The Hall–Kier alpha value is -3.30. The first kappa shape index (κ1) is 25.8. The van der Waals surface area contributed by atoms with Crippen LogP contribution in [0.3, 0.4) is 0 Å². The van der Waals surface area contributed by atoms with E-state index in [-0.39, 0.29) is 11.9 Å². The van der Waals surface area contributed by atoms with E-state index in [1.807, 2.05) is 67.5 Å². The fourth-order valence-corrected chi connectivity index (χ4v) is 5.13. The summed E-state index contributed by atoms with van der Waals surface area (Å²) in [6.07, 6.45) is 4.89. The predicted octanol–water partition coefficient (Wildman–Crippen LogP) is 5.87. The van der Waals surface area contributed by atoms with Crippen molar-refractivity contribution in [3.8, 4) is 11.1 Å². The number of carbonyl (C=O) groups is 1. The molecule has 1 atom stereocenters. The summed E-state index contributed by atoms with van der Waals surface area (Å²) >= 11 is 8.14. The third-order valence-electron chi connectivity index (χ3n) is 5.45. The van der Waals surface area contributed by atoms with Gasteiger partial charge in [0.1, 0.15) is 21.3 Å². The molecule has 0 bridgehead atoms. The Morgan fingerprint density at radius 3 is 2.72 bits per heavy atom. The maximum Gasteiger partial charge on any atom is 0.248 e. The van der Waals surface area contributed by atoms with E-state index in [9.17, 15) is 4.79 Å². The first-order valence-electron chi connectivity index (χ1n) is 11.4. The molecule has 0 saturated carbocycles. The van der Waals surface area contributed by atoms with E-state index in [2.05, 4.69) is 32.7 Å². The molecule has 0 aliphatic carbocycles. The lowest BCUT2D eigenvalue weighted by Crippen LogP contribution is -2.17. The first-order valence-corrected chi connectivity index (χ1v) is 12.6. The van der Waals surface area contributed by atoms with Crippen molar-refractivity contribution in [2.45, 2.75) is 6.04 Å². The second-order valence-corrected chi connectivity index (χ2v) is 10.1. The third kappa shape index (κ3) is 6.27. The SMILES string of the molecule is COC[C@@H](Nc1ncnc2sc(Cl)c(-c3cccc(NC(=O)C=CCN(C)C)c3)c12)c1ccccc1. The van der Waals surface area contributed by atoms with Crippen molar-refractivity contribution in [1.29, 1.82) is 0 Å². The highest BCUT2D eigenvalue weighted by atomic mass is 35.5. The van der Waals surface area contributed by atoms with Crippen LogP contribution in [0.15, 0.2) is 73.1 Å². The van der Waals surface area contributed by atoms with Gasteiger partial charge in [-0.3, -0.25) is 4.79 Å². The molecule has 2 heterocycles. The molecule has 0 radical (unpaired) electrons. The van der Waals surface area contributed by atoms with Gasteiger partial charge in [-0.05, 0) is 37.4 Å². The Morgan fingerprint density at radius 2 is 1.97 bits per heavy atom. The van der Waals surface area contributed by atoms with Crippen LogP contribution < -0.4 is 10.6 Å². The van der Waals surface area contributed by atoms with E-state index in [1.165, 1.54) is 23.7 Å². The lowest BCUT2D eigenvalue weighted by Gasteiger charge is -2.20. The third-order valence-corrected chi connectivity index (χ3v) is 6.76. The lowest BCUT2D eigenvalue weighted by molar-refractivity contribution is -0.111. The van der Waals surface area contributed by atoms with Crippen LogP contribution in [-0.4, -0.2) is 55.1 Å². The highest BCUT2D eigenvalue weighted by Crippen LogP contribution is 2.44. The fraction of sp³-hybridized carbons (Fsp3) is 0.222. The van der Waals surface area contributed by atoms with Crippen molar-refractivity contribution < 1.29 is 9.53 Å². The second kappa shape index (κ2) is 12.1. The Morgan fingerprint density at radius 1 is 1.17 bits per heavy atom. The zero-order valence-corrected chi connectivity index (χ0v) is 21.9. The van der Waals surface area contributed by atoms with Crippen molar-refractivity contribution in [3.63, 3.8) is 0 Å². The average molecular weight is 522 g/mol. The summed E-state index contributed by atoms with van der Waals surface area (Å²) in [6.45, 7) is 1.15. The van der Waals surface area contributed by atoms with Crippen LogP contribution in [0.1, 0.15) is 11.6 Å². The summed E-state index contributed by atoms with van der Waals surface area (Å²) in [4.78, 5) is 24.1. The van der Waals surface area contributed by atoms with Gasteiger partial charge in [-0.1, -0.05) is 60.1 Å². The molecular formula is C27H28ClN5O2S. The van der Waals surface area contributed by atoms with Gasteiger partial charge in [-0.25, -0.2) is 9.97 Å². The smallest absolute Gasteiger partial charge is 0.248 e. The van der Waals surface area contributed by atoms with Crippen LogP contribution in [0.2, 0.25) is 4.34 Å². The predicted molar refractivity (Wildman–Crippen MR) is 149 cm³/mol. The largest absolute Gasteiger partial charge is 0.382 e. The number of rotatable bonds is 10. The normalized spacial score (nSPS) is 12.4. The van der Waals surface area contributed by atoms with Crippen LogP contribution in [0.4, 0.5) is 11.5 Å². The minimum absolute atomic E-state index is 0.111. The van der Waals surface area contributed by atoms with Crippen molar-refractivity contribution in [3.05, 3.63) is 83.0 Å². The van der Waals surface area contributed by atoms with Gasteiger partial charge >= 0.3 is 0 Å².